The molecule has 18 heavy (non-hydrogen) atoms. The van der Waals surface area contributed by atoms with E-state index in [9.17, 15) is 13.5 Å². The maximum atomic E-state index is 12.0. The zero-order valence-electron chi connectivity index (χ0n) is 10.4. The molecule has 0 radical (unpaired) electrons. The standard InChI is InChI=1S/C13H17NO3S/c1-4-12(9-11(3)15)14-18(16,17)13-7-5-10(2)6-8-13/h1,5-8,11-12,14-15H,9H2,2-3H3. The maximum absolute atomic E-state index is 12.0. The Morgan fingerprint density at radius 2 is 1.94 bits per heavy atom. The van der Waals surface area contributed by atoms with Crippen LogP contribution in [-0.2, 0) is 10.0 Å². The molecular weight excluding hydrogens is 250 g/mol. The minimum absolute atomic E-state index is 0.166. The van der Waals surface area contributed by atoms with Gasteiger partial charge in [0, 0.05) is 6.42 Å². The summed E-state index contributed by atoms with van der Waals surface area (Å²) in [6.45, 7) is 3.44. The van der Waals surface area contributed by atoms with Gasteiger partial charge in [0.25, 0.3) is 0 Å². The number of rotatable bonds is 5. The Morgan fingerprint density at radius 1 is 1.39 bits per heavy atom. The predicted molar refractivity (Wildman–Crippen MR) is 70.4 cm³/mol. The first-order valence-corrected chi connectivity index (χ1v) is 7.06. The molecule has 2 atom stereocenters. The molecule has 0 saturated heterocycles. The largest absolute Gasteiger partial charge is 0.393 e. The highest BCUT2D eigenvalue weighted by atomic mass is 32.2. The molecule has 0 spiro atoms. The van der Waals surface area contributed by atoms with Crippen molar-refractivity contribution in [3.05, 3.63) is 29.8 Å². The second kappa shape index (κ2) is 6.01. The molecule has 0 bridgehead atoms. The van der Waals surface area contributed by atoms with Crippen molar-refractivity contribution in [1.82, 2.24) is 4.72 Å². The Labute approximate surface area is 108 Å². The Hall–Kier alpha value is -1.35. The van der Waals surface area contributed by atoms with Gasteiger partial charge in [0.1, 0.15) is 0 Å². The Balaban J connectivity index is 2.88. The molecule has 2 N–H and O–H groups in total. The van der Waals surface area contributed by atoms with E-state index in [2.05, 4.69) is 10.6 Å². The van der Waals surface area contributed by atoms with Gasteiger partial charge in [0.2, 0.25) is 10.0 Å². The topological polar surface area (TPSA) is 66.4 Å². The van der Waals surface area contributed by atoms with Gasteiger partial charge in [-0.1, -0.05) is 23.6 Å². The number of hydrogen-bond donors (Lipinski definition) is 2. The summed E-state index contributed by atoms with van der Waals surface area (Å²) >= 11 is 0. The minimum atomic E-state index is -3.64. The third-order valence-corrected chi connectivity index (χ3v) is 3.89. The number of aryl methyl sites for hydroxylation is 1. The summed E-state index contributed by atoms with van der Waals surface area (Å²) in [5.74, 6) is 2.32. The van der Waals surface area contributed by atoms with Gasteiger partial charge in [0.05, 0.1) is 17.0 Å². The van der Waals surface area contributed by atoms with Gasteiger partial charge >= 0.3 is 0 Å². The van der Waals surface area contributed by atoms with Crippen molar-refractivity contribution in [3.8, 4) is 12.3 Å². The first kappa shape index (κ1) is 14.7. The maximum Gasteiger partial charge on any atom is 0.241 e. The molecule has 0 aliphatic heterocycles. The summed E-state index contributed by atoms with van der Waals surface area (Å²) in [6.07, 6.45) is 4.76. The third kappa shape index (κ3) is 4.15. The molecule has 5 heteroatoms. The number of nitrogens with one attached hydrogen (secondary N) is 1. The van der Waals surface area contributed by atoms with Gasteiger partial charge < -0.3 is 5.11 Å². The van der Waals surface area contributed by atoms with Crippen LogP contribution in [0.4, 0.5) is 0 Å². The minimum Gasteiger partial charge on any atom is -0.393 e. The molecule has 0 aliphatic carbocycles. The van der Waals surface area contributed by atoms with E-state index in [4.69, 9.17) is 6.42 Å². The van der Waals surface area contributed by atoms with Crippen LogP contribution in [0.5, 0.6) is 0 Å². The monoisotopic (exact) mass is 267 g/mol. The molecule has 4 nitrogen and oxygen atoms in total. The lowest BCUT2D eigenvalue weighted by Crippen LogP contribution is -2.35. The average molecular weight is 267 g/mol. The SMILES string of the molecule is C#CC(CC(C)O)NS(=O)(=O)c1ccc(C)cc1. The van der Waals surface area contributed by atoms with Crippen LogP contribution in [0, 0.1) is 19.3 Å². The lowest BCUT2D eigenvalue weighted by molar-refractivity contribution is 0.179. The normalized spacial score (nSPS) is 14.8. The Bertz CT molecular complexity index is 526. The highest BCUT2D eigenvalue weighted by Gasteiger charge is 2.19. The zero-order chi connectivity index (χ0) is 13.8. The molecule has 0 saturated carbocycles. The molecule has 0 amide bonds. The smallest absolute Gasteiger partial charge is 0.241 e. The van der Waals surface area contributed by atoms with E-state index in [1.807, 2.05) is 6.92 Å². The van der Waals surface area contributed by atoms with E-state index in [0.717, 1.165) is 5.56 Å². The van der Waals surface area contributed by atoms with Gasteiger partial charge in [0.15, 0.2) is 0 Å². The van der Waals surface area contributed by atoms with Crippen LogP contribution in [0.15, 0.2) is 29.2 Å². The fraction of sp³-hybridized carbons (Fsp3) is 0.385. The van der Waals surface area contributed by atoms with Crippen LogP contribution in [0.3, 0.4) is 0 Å². The lowest BCUT2D eigenvalue weighted by Gasteiger charge is -2.15. The average Bonchev–Trinajstić information content (AvgIpc) is 2.27. The van der Waals surface area contributed by atoms with Crippen LogP contribution in [0.25, 0.3) is 0 Å². The first-order valence-electron chi connectivity index (χ1n) is 5.58. The first-order chi connectivity index (χ1) is 8.35. The van der Waals surface area contributed by atoms with Crippen LogP contribution >= 0.6 is 0 Å². The summed E-state index contributed by atoms with van der Waals surface area (Å²) in [4.78, 5) is 0.166. The zero-order valence-corrected chi connectivity index (χ0v) is 11.2. The number of hydrogen-bond acceptors (Lipinski definition) is 3. The molecule has 0 aliphatic rings. The highest BCUT2D eigenvalue weighted by Crippen LogP contribution is 2.11. The number of sulfonamides is 1. The van der Waals surface area contributed by atoms with Gasteiger partial charge in [-0.3, -0.25) is 0 Å². The third-order valence-electron chi connectivity index (χ3n) is 2.41. The highest BCUT2D eigenvalue weighted by molar-refractivity contribution is 7.89. The number of aliphatic hydroxyl groups excluding tert-OH is 1. The van der Waals surface area contributed by atoms with Crippen LogP contribution in [0.1, 0.15) is 18.9 Å². The van der Waals surface area contributed by atoms with Crippen molar-refractivity contribution in [2.75, 3.05) is 0 Å². The van der Waals surface area contributed by atoms with Crippen molar-refractivity contribution in [1.29, 1.82) is 0 Å². The summed E-state index contributed by atoms with van der Waals surface area (Å²) in [7, 11) is -3.64. The molecule has 1 aromatic carbocycles. The Morgan fingerprint density at radius 3 is 2.39 bits per heavy atom. The Kier molecular flexibility index (Phi) is 4.91. The molecule has 1 rings (SSSR count). The molecule has 0 heterocycles. The van der Waals surface area contributed by atoms with Crippen molar-refractivity contribution < 1.29 is 13.5 Å². The van der Waals surface area contributed by atoms with E-state index >= 15 is 0 Å². The van der Waals surface area contributed by atoms with Gasteiger partial charge in [-0.25, -0.2) is 8.42 Å². The van der Waals surface area contributed by atoms with Crippen molar-refractivity contribution in [2.45, 2.75) is 37.3 Å². The summed E-state index contributed by atoms with van der Waals surface area (Å²) < 4.78 is 26.4. The van der Waals surface area contributed by atoms with Crippen molar-refractivity contribution in [2.24, 2.45) is 0 Å². The fourth-order valence-corrected chi connectivity index (χ4v) is 2.63. The fourth-order valence-electron chi connectivity index (χ4n) is 1.46. The van der Waals surface area contributed by atoms with E-state index in [-0.39, 0.29) is 11.3 Å². The van der Waals surface area contributed by atoms with Gasteiger partial charge in [-0.05, 0) is 26.0 Å². The lowest BCUT2D eigenvalue weighted by atomic mass is 10.2. The van der Waals surface area contributed by atoms with Crippen molar-refractivity contribution in [3.63, 3.8) is 0 Å². The molecule has 1 aromatic rings. The molecule has 0 fully saturated rings. The molecular formula is C13H17NO3S. The number of aliphatic hydroxyl groups is 1. The summed E-state index contributed by atoms with van der Waals surface area (Å²) in [5.41, 5.74) is 0.978. The second-order valence-electron chi connectivity index (χ2n) is 4.24. The predicted octanol–water partition coefficient (Wildman–Crippen LogP) is 1.05. The van der Waals surface area contributed by atoms with Crippen LogP contribution < -0.4 is 4.72 Å². The van der Waals surface area contributed by atoms with Crippen LogP contribution in [0.2, 0.25) is 0 Å². The molecule has 98 valence electrons. The van der Waals surface area contributed by atoms with E-state index in [0.29, 0.717) is 0 Å². The van der Waals surface area contributed by atoms with Crippen molar-refractivity contribution >= 4 is 10.0 Å². The van der Waals surface area contributed by atoms with E-state index in [1.54, 1.807) is 19.1 Å². The van der Waals surface area contributed by atoms with Gasteiger partial charge in [-0.15, -0.1) is 6.42 Å². The number of terminal acetylenes is 1. The van der Waals surface area contributed by atoms with E-state index < -0.39 is 22.2 Å². The van der Waals surface area contributed by atoms with Crippen LogP contribution in [-0.4, -0.2) is 25.7 Å². The second-order valence-corrected chi connectivity index (χ2v) is 5.95. The summed E-state index contributed by atoms with van der Waals surface area (Å²) in [6, 6.07) is 5.76. The van der Waals surface area contributed by atoms with E-state index in [1.165, 1.54) is 12.1 Å². The quantitative estimate of drug-likeness (QED) is 0.784. The molecule has 0 aromatic heterocycles. The molecule has 2 unspecified atom stereocenters. The number of benzene rings is 1. The van der Waals surface area contributed by atoms with Gasteiger partial charge in [-0.2, -0.15) is 4.72 Å². The summed E-state index contributed by atoms with van der Waals surface area (Å²) in [5, 5.41) is 9.23.